The van der Waals surface area contributed by atoms with Crippen molar-refractivity contribution in [1.82, 2.24) is 5.32 Å². The number of fused-ring (bicyclic) bond motifs is 1. The summed E-state index contributed by atoms with van der Waals surface area (Å²) in [6.45, 7) is 2.40. The van der Waals surface area contributed by atoms with Gasteiger partial charge in [0.1, 0.15) is 5.75 Å². The van der Waals surface area contributed by atoms with Crippen LogP contribution in [0.15, 0.2) is 48.5 Å². The normalized spacial score (nSPS) is 21.3. The third kappa shape index (κ3) is 3.00. The van der Waals surface area contributed by atoms with Crippen LogP contribution in [0.3, 0.4) is 0 Å². The van der Waals surface area contributed by atoms with E-state index in [1.165, 1.54) is 0 Å². The van der Waals surface area contributed by atoms with Crippen LogP contribution < -0.4 is 20.3 Å². The van der Waals surface area contributed by atoms with E-state index in [-0.39, 0.29) is 6.04 Å². The number of urea groups is 1. The fraction of sp³-hybridized carbons (Fsp3) is 0.300. The predicted molar refractivity (Wildman–Crippen MR) is 101 cm³/mol. The second-order valence-corrected chi connectivity index (χ2v) is 6.66. The molecule has 0 unspecified atom stereocenters. The summed E-state index contributed by atoms with van der Waals surface area (Å²) in [5.41, 5.74) is -1.01. The number of anilines is 2. The van der Waals surface area contributed by atoms with Crippen LogP contribution in [0.2, 0.25) is 0 Å². The summed E-state index contributed by atoms with van der Waals surface area (Å²) in [7, 11) is 0. The van der Waals surface area contributed by atoms with E-state index < -0.39 is 17.7 Å². The summed E-state index contributed by atoms with van der Waals surface area (Å²) >= 11 is 0. The fourth-order valence-corrected chi connectivity index (χ4v) is 3.23. The Morgan fingerprint density at radius 2 is 1.96 bits per heavy atom. The molecule has 3 N–H and O–H groups in total. The summed E-state index contributed by atoms with van der Waals surface area (Å²) < 4.78 is 5.43. The monoisotopic (exact) mass is 367 g/mol. The Labute approximate surface area is 156 Å². The van der Waals surface area contributed by atoms with E-state index in [1.807, 2.05) is 6.92 Å². The molecule has 7 heteroatoms. The first-order valence-electron chi connectivity index (χ1n) is 9.01. The molecule has 140 valence electrons. The third-order valence-electron chi connectivity index (χ3n) is 4.71. The van der Waals surface area contributed by atoms with Crippen molar-refractivity contribution >= 4 is 23.3 Å². The van der Waals surface area contributed by atoms with E-state index in [9.17, 15) is 14.7 Å². The first kappa shape index (κ1) is 17.4. The molecule has 2 aromatic rings. The Kier molecular flexibility index (Phi) is 4.24. The molecule has 1 aliphatic heterocycles. The van der Waals surface area contributed by atoms with E-state index in [0.717, 1.165) is 17.7 Å². The van der Waals surface area contributed by atoms with E-state index in [0.29, 0.717) is 29.3 Å². The van der Waals surface area contributed by atoms with E-state index >= 15 is 0 Å². The summed E-state index contributed by atoms with van der Waals surface area (Å²) in [5, 5.41) is 17.1. The number of ether oxygens (including phenoxy) is 1. The van der Waals surface area contributed by atoms with Crippen molar-refractivity contribution in [1.29, 1.82) is 0 Å². The van der Waals surface area contributed by atoms with Crippen LogP contribution in [0.5, 0.6) is 5.75 Å². The largest absolute Gasteiger partial charge is 0.494 e. The maximum Gasteiger partial charge on any atom is 0.329 e. The van der Waals surface area contributed by atoms with Gasteiger partial charge in [0.15, 0.2) is 0 Å². The lowest BCUT2D eigenvalue weighted by Crippen LogP contribution is -2.62. The van der Waals surface area contributed by atoms with Gasteiger partial charge in [0.25, 0.3) is 11.6 Å². The van der Waals surface area contributed by atoms with Gasteiger partial charge in [0.2, 0.25) is 0 Å². The van der Waals surface area contributed by atoms with E-state index in [2.05, 4.69) is 10.6 Å². The van der Waals surface area contributed by atoms with Gasteiger partial charge in [-0.25, -0.2) is 4.79 Å². The summed E-state index contributed by atoms with van der Waals surface area (Å²) in [5.74, 6) is 0.0335. The predicted octanol–water partition coefficient (Wildman–Crippen LogP) is 2.56. The van der Waals surface area contributed by atoms with Crippen LogP contribution in [-0.2, 0) is 10.5 Å². The van der Waals surface area contributed by atoms with Gasteiger partial charge in [-0.05, 0) is 50.1 Å². The number of amides is 3. The number of nitrogens with zero attached hydrogens (tertiary/aromatic N) is 1. The Hall–Kier alpha value is -3.06. The van der Waals surface area contributed by atoms with Gasteiger partial charge in [0, 0.05) is 17.3 Å². The molecule has 0 bridgehead atoms. The minimum absolute atomic E-state index is 0.0425. The number of hydrogen-bond acceptors (Lipinski definition) is 4. The third-order valence-corrected chi connectivity index (χ3v) is 4.71. The minimum Gasteiger partial charge on any atom is -0.494 e. The molecule has 1 fully saturated rings. The highest BCUT2D eigenvalue weighted by Crippen LogP contribution is 2.40. The molecule has 27 heavy (non-hydrogen) atoms. The van der Waals surface area contributed by atoms with Crippen molar-refractivity contribution in [2.75, 3.05) is 16.8 Å². The van der Waals surface area contributed by atoms with Crippen molar-refractivity contribution in [3.05, 3.63) is 54.1 Å². The lowest BCUT2D eigenvalue weighted by atomic mass is 9.94. The van der Waals surface area contributed by atoms with Gasteiger partial charge in [0.05, 0.1) is 12.3 Å². The molecule has 1 aliphatic carbocycles. The highest BCUT2D eigenvalue weighted by molar-refractivity contribution is 6.11. The molecule has 1 heterocycles. The minimum atomic E-state index is -2.14. The fourth-order valence-electron chi connectivity index (χ4n) is 3.23. The van der Waals surface area contributed by atoms with Gasteiger partial charge in [-0.3, -0.25) is 9.69 Å². The van der Waals surface area contributed by atoms with Crippen molar-refractivity contribution < 1.29 is 19.4 Å². The average molecular weight is 367 g/mol. The smallest absolute Gasteiger partial charge is 0.329 e. The SMILES string of the molecule is CCOc1ccc(N2C(=O)Nc3ccccc3[C@@]2(O)C(=O)NC2CC2)cc1. The Balaban J connectivity index is 1.79. The van der Waals surface area contributed by atoms with Crippen molar-refractivity contribution in [3.63, 3.8) is 0 Å². The first-order valence-corrected chi connectivity index (χ1v) is 9.01. The molecule has 0 radical (unpaired) electrons. The van der Waals surface area contributed by atoms with Crippen LogP contribution >= 0.6 is 0 Å². The van der Waals surface area contributed by atoms with E-state index in [4.69, 9.17) is 4.74 Å². The van der Waals surface area contributed by atoms with Gasteiger partial charge in [-0.15, -0.1) is 0 Å². The number of benzene rings is 2. The zero-order valence-electron chi connectivity index (χ0n) is 14.9. The maximum absolute atomic E-state index is 13.0. The molecule has 7 nitrogen and oxygen atoms in total. The topological polar surface area (TPSA) is 90.9 Å². The zero-order chi connectivity index (χ0) is 19.0. The second kappa shape index (κ2) is 6.59. The highest BCUT2D eigenvalue weighted by Gasteiger charge is 2.52. The quantitative estimate of drug-likeness (QED) is 0.757. The Morgan fingerprint density at radius 1 is 1.26 bits per heavy atom. The molecule has 4 rings (SSSR count). The number of para-hydroxylation sites is 1. The lowest BCUT2D eigenvalue weighted by molar-refractivity contribution is -0.140. The zero-order valence-corrected chi connectivity index (χ0v) is 14.9. The van der Waals surface area contributed by atoms with Crippen molar-refractivity contribution in [2.24, 2.45) is 0 Å². The van der Waals surface area contributed by atoms with Crippen LogP contribution in [0, 0.1) is 0 Å². The molecule has 0 aromatic heterocycles. The standard InChI is InChI=1S/C20H21N3O4/c1-2-27-15-11-9-14(10-12-15)23-19(25)22-17-6-4-3-5-16(17)20(23,26)18(24)21-13-7-8-13/h3-6,9-13,26H,2,7-8H2,1H3,(H,21,24)(H,22,25)/t20-/m1/s1. The number of nitrogens with one attached hydrogen (secondary N) is 2. The van der Waals surface area contributed by atoms with Gasteiger partial charge in [-0.1, -0.05) is 18.2 Å². The van der Waals surface area contributed by atoms with Crippen LogP contribution in [0.25, 0.3) is 0 Å². The molecule has 1 atom stereocenters. The molecule has 0 spiro atoms. The average Bonchev–Trinajstić information content (AvgIpc) is 3.47. The van der Waals surface area contributed by atoms with Gasteiger partial charge in [-0.2, -0.15) is 0 Å². The summed E-state index contributed by atoms with van der Waals surface area (Å²) in [6, 6.07) is 12.9. The molecule has 2 aliphatic rings. The number of hydrogen-bond donors (Lipinski definition) is 3. The first-order chi connectivity index (χ1) is 13.0. The number of aliphatic hydroxyl groups is 1. The molecule has 1 saturated carbocycles. The van der Waals surface area contributed by atoms with Crippen molar-refractivity contribution in [2.45, 2.75) is 31.5 Å². The van der Waals surface area contributed by atoms with Crippen LogP contribution in [0.1, 0.15) is 25.3 Å². The second-order valence-electron chi connectivity index (χ2n) is 6.66. The summed E-state index contributed by atoms with van der Waals surface area (Å²) in [6.07, 6.45) is 1.75. The molecular formula is C20H21N3O4. The lowest BCUT2D eigenvalue weighted by Gasteiger charge is -2.42. The number of rotatable bonds is 5. The van der Waals surface area contributed by atoms with Gasteiger partial charge < -0.3 is 20.5 Å². The number of carbonyl (C=O) groups excluding carboxylic acids is 2. The van der Waals surface area contributed by atoms with Gasteiger partial charge >= 0.3 is 6.03 Å². The molecule has 0 saturated heterocycles. The molecular weight excluding hydrogens is 346 g/mol. The molecule has 3 amide bonds. The Morgan fingerprint density at radius 3 is 2.63 bits per heavy atom. The van der Waals surface area contributed by atoms with Crippen LogP contribution in [-0.4, -0.2) is 29.7 Å². The van der Waals surface area contributed by atoms with Crippen molar-refractivity contribution in [3.8, 4) is 5.75 Å². The molecule has 2 aromatic carbocycles. The van der Waals surface area contributed by atoms with Crippen LogP contribution in [0.4, 0.5) is 16.2 Å². The van der Waals surface area contributed by atoms with E-state index in [1.54, 1.807) is 48.5 Å². The highest BCUT2D eigenvalue weighted by atomic mass is 16.5. The Bertz CT molecular complexity index is 879. The maximum atomic E-state index is 13.0. The summed E-state index contributed by atoms with van der Waals surface area (Å²) in [4.78, 5) is 26.9. The number of carbonyl (C=O) groups is 2.